The Labute approximate surface area is 123 Å². The number of nitrogens with zero attached hydrogens (tertiary/aromatic N) is 1. The Kier molecular flexibility index (Phi) is 3.22. The summed E-state index contributed by atoms with van der Waals surface area (Å²) >= 11 is 0. The number of hydrogen-bond donors (Lipinski definition) is 1. The topological polar surface area (TPSA) is 15.3 Å². The Balaban J connectivity index is 1.90. The van der Waals surface area contributed by atoms with Crippen LogP contribution in [0.5, 0.6) is 0 Å². The Morgan fingerprint density at radius 3 is 2.20 bits per heavy atom. The average molecular weight is 272 g/mol. The van der Waals surface area contributed by atoms with Crippen LogP contribution in [0.1, 0.15) is 46.2 Å². The maximum Gasteiger partial charge on any atom is 0.0476 e. The van der Waals surface area contributed by atoms with Gasteiger partial charge in [0.15, 0.2) is 0 Å². The highest BCUT2D eigenvalue weighted by Crippen LogP contribution is 2.66. The molecule has 2 nitrogen and oxygen atoms in total. The molecule has 1 aromatic rings. The molecular weight excluding hydrogens is 244 g/mol. The normalized spacial score (nSPS) is 33.0. The molecule has 1 aliphatic heterocycles. The van der Waals surface area contributed by atoms with Crippen molar-refractivity contribution in [2.75, 3.05) is 13.1 Å². The summed E-state index contributed by atoms with van der Waals surface area (Å²) in [5, 5.41) is 3.66. The molecule has 110 valence electrons. The summed E-state index contributed by atoms with van der Waals surface area (Å²) in [6.07, 6.45) is 0. The number of piperazine rings is 1. The summed E-state index contributed by atoms with van der Waals surface area (Å²) in [6, 6.07) is 12.8. The second kappa shape index (κ2) is 4.57. The lowest BCUT2D eigenvalue weighted by molar-refractivity contribution is 0.105. The summed E-state index contributed by atoms with van der Waals surface area (Å²) in [5.41, 5.74) is 2.28. The van der Waals surface area contributed by atoms with Crippen molar-refractivity contribution in [3.05, 3.63) is 35.9 Å². The van der Waals surface area contributed by atoms with Crippen LogP contribution in [0.2, 0.25) is 0 Å². The highest BCUT2D eigenvalue weighted by Gasteiger charge is 2.68. The predicted molar refractivity (Wildman–Crippen MR) is 84.7 cm³/mol. The molecule has 2 unspecified atom stereocenters. The van der Waals surface area contributed by atoms with Gasteiger partial charge >= 0.3 is 0 Å². The Morgan fingerprint density at radius 1 is 1.05 bits per heavy atom. The van der Waals surface area contributed by atoms with E-state index in [1.807, 2.05) is 0 Å². The Morgan fingerprint density at radius 2 is 1.65 bits per heavy atom. The second-order valence-electron chi connectivity index (χ2n) is 7.78. The second-order valence-corrected chi connectivity index (χ2v) is 7.78. The van der Waals surface area contributed by atoms with Crippen molar-refractivity contribution < 1.29 is 0 Å². The van der Waals surface area contributed by atoms with Gasteiger partial charge < -0.3 is 5.32 Å². The van der Waals surface area contributed by atoms with Crippen LogP contribution in [-0.4, -0.2) is 30.1 Å². The highest BCUT2D eigenvalue weighted by molar-refractivity contribution is 5.25. The van der Waals surface area contributed by atoms with E-state index in [-0.39, 0.29) is 0 Å². The van der Waals surface area contributed by atoms with E-state index in [2.05, 4.69) is 75.2 Å². The molecule has 2 aliphatic rings. The van der Waals surface area contributed by atoms with Crippen molar-refractivity contribution in [3.8, 4) is 0 Å². The minimum absolute atomic E-state index is 0.414. The molecule has 0 aromatic heterocycles. The first-order valence-electron chi connectivity index (χ1n) is 7.90. The van der Waals surface area contributed by atoms with E-state index >= 15 is 0 Å². The number of hydrogen-bond acceptors (Lipinski definition) is 2. The van der Waals surface area contributed by atoms with E-state index in [9.17, 15) is 0 Å². The SMILES string of the molecule is CC1CN(C2C(C)(C)C2(C)C)C(c2ccccc2)CN1. The number of rotatable bonds is 2. The van der Waals surface area contributed by atoms with Crippen molar-refractivity contribution in [2.45, 2.75) is 52.7 Å². The minimum atomic E-state index is 0.414. The molecule has 1 N–H and O–H groups in total. The Bertz CT molecular complexity index is 463. The molecule has 1 saturated carbocycles. The van der Waals surface area contributed by atoms with Gasteiger partial charge in [0.25, 0.3) is 0 Å². The molecule has 0 amide bonds. The van der Waals surface area contributed by atoms with E-state index in [1.54, 1.807) is 0 Å². The molecule has 3 rings (SSSR count). The van der Waals surface area contributed by atoms with Crippen LogP contribution in [0.4, 0.5) is 0 Å². The smallest absolute Gasteiger partial charge is 0.0476 e. The monoisotopic (exact) mass is 272 g/mol. The molecule has 0 spiro atoms. The fraction of sp³-hybridized carbons (Fsp3) is 0.667. The van der Waals surface area contributed by atoms with Crippen LogP contribution in [-0.2, 0) is 0 Å². The van der Waals surface area contributed by atoms with E-state index in [0.29, 0.717) is 29.0 Å². The van der Waals surface area contributed by atoms with Crippen LogP contribution in [0.15, 0.2) is 30.3 Å². The average Bonchev–Trinajstić information content (AvgIpc) is 2.80. The van der Waals surface area contributed by atoms with Gasteiger partial charge in [-0.1, -0.05) is 58.0 Å². The van der Waals surface area contributed by atoms with Gasteiger partial charge in [0.2, 0.25) is 0 Å². The van der Waals surface area contributed by atoms with Crippen molar-refractivity contribution in [1.82, 2.24) is 10.2 Å². The standard InChI is InChI=1S/C18H28N2/c1-13-12-20(16-17(2,3)18(16,4)5)15(11-19-13)14-9-7-6-8-10-14/h6-10,13,15-16,19H,11-12H2,1-5H3. The van der Waals surface area contributed by atoms with E-state index in [4.69, 9.17) is 0 Å². The maximum atomic E-state index is 3.66. The quantitative estimate of drug-likeness (QED) is 0.887. The first kappa shape index (κ1) is 14.1. The van der Waals surface area contributed by atoms with Crippen LogP contribution in [0, 0.1) is 10.8 Å². The molecule has 2 heteroatoms. The Hall–Kier alpha value is -0.860. The molecule has 2 atom stereocenters. The molecule has 2 fully saturated rings. The lowest BCUT2D eigenvalue weighted by Crippen LogP contribution is -2.52. The first-order valence-corrected chi connectivity index (χ1v) is 7.90. The summed E-state index contributed by atoms with van der Waals surface area (Å²) in [6.45, 7) is 14.2. The molecule has 1 aromatic carbocycles. The van der Waals surface area contributed by atoms with E-state index in [1.165, 1.54) is 5.56 Å². The van der Waals surface area contributed by atoms with Crippen molar-refractivity contribution in [2.24, 2.45) is 10.8 Å². The van der Waals surface area contributed by atoms with Crippen LogP contribution >= 0.6 is 0 Å². The molecular formula is C18H28N2. The third-order valence-electron chi connectivity index (χ3n) is 6.01. The summed E-state index contributed by atoms with van der Waals surface area (Å²) in [7, 11) is 0. The summed E-state index contributed by atoms with van der Waals surface area (Å²) < 4.78 is 0. The largest absolute Gasteiger partial charge is 0.311 e. The van der Waals surface area contributed by atoms with Gasteiger partial charge in [0.1, 0.15) is 0 Å². The van der Waals surface area contributed by atoms with Crippen molar-refractivity contribution in [1.29, 1.82) is 0 Å². The van der Waals surface area contributed by atoms with Gasteiger partial charge in [-0.15, -0.1) is 0 Å². The zero-order valence-corrected chi connectivity index (χ0v) is 13.5. The summed E-state index contributed by atoms with van der Waals surface area (Å²) in [5.74, 6) is 0. The number of nitrogens with one attached hydrogen (secondary N) is 1. The molecule has 0 radical (unpaired) electrons. The zero-order valence-electron chi connectivity index (χ0n) is 13.5. The lowest BCUT2D eigenvalue weighted by Gasteiger charge is -2.41. The third-order valence-corrected chi connectivity index (χ3v) is 6.01. The van der Waals surface area contributed by atoms with Crippen LogP contribution in [0.3, 0.4) is 0 Å². The van der Waals surface area contributed by atoms with Crippen LogP contribution in [0.25, 0.3) is 0 Å². The van der Waals surface area contributed by atoms with Crippen LogP contribution < -0.4 is 5.32 Å². The predicted octanol–water partition coefficient (Wildman–Crippen LogP) is 3.46. The first-order chi connectivity index (χ1) is 9.35. The fourth-order valence-electron chi connectivity index (χ4n) is 4.20. The fourth-order valence-corrected chi connectivity index (χ4v) is 4.20. The molecule has 0 bridgehead atoms. The lowest BCUT2D eigenvalue weighted by atomic mass is 10.00. The minimum Gasteiger partial charge on any atom is -0.311 e. The molecule has 1 heterocycles. The van der Waals surface area contributed by atoms with Gasteiger partial charge in [0.05, 0.1) is 0 Å². The van der Waals surface area contributed by atoms with E-state index in [0.717, 1.165) is 13.1 Å². The van der Waals surface area contributed by atoms with Gasteiger partial charge in [-0.05, 0) is 23.3 Å². The summed E-state index contributed by atoms with van der Waals surface area (Å²) in [4.78, 5) is 2.76. The zero-order chi connectivity index (χ0) is 14.5. The van der Waals surface area contributed by atoms with E-state index < -0.39 is 0 Å². The van der Waals surface area contributed by atoms with Crippen molar-refractivity contribution >= 4 is 0 Å². The molecule has 1 aliphatic carbocycles. The van der Waals surface area contributed by atoms with Gasteiger partial charge in [-0.25, -0.2) is 0 Å². The van der Waals surface area contributed by atoms with Gasteiger partial charge in [-0.2, -0.15) is 0 Å². The number of benzene rings is 1. The third kappa shape index (κ3) is 2.01. The maximum absolute atomic E-state index is 3.66. The molecule has 20 heavy (non-hydrogen) atoms. The van der Waals surface area contributed by atoms with Gasteiger partial charge in [-0.3, -0.25) is 4.90 Å². The highest BCUT2D eigenvalue weighted by atomic mass is 15.3. The van der Waals surface area contributed by atoms with Crippen molar-refractivity contribution in [3.63, 3.8) is 0 Å². The molecule has 1 saturated heterocycles. The van der Waals surface area contributed by atoms with Gasteiger partial charge in [0, 0.05) is 31.2 Å².